The van der Waals surface area contributed by atoms with Gasteiger partial charge in [0.1, 0.15) is 0 Å². The second-order valence-corrected chi connectivity index (χ2v) is 6.53. The fourth-order valence-electron chi connectivity index (χ4n) is 3.15. The van der Waals surface area contributed by atoms with Crippen molar-refractivity contribution < 1.29 is 0 Å². The molecule has 1 aromatic rings. The third-order valence-electron chi connectivity index (χ3n) is 5.08. The van der Waals surface area contributed by atoms with Gasteiger partial charge < -0.3 is 4.90 Å². The summed E-state index contributed by atoms with van der Waals surface area (Å²) in [7, 11) is 0. The minimum absolute atomic E-state index is 0.233. The highest BCUT2D eigenvalue weighted by molar-refractivity contribution is 5.35. The van der Waals surface area contributed by atoms with Gasteiger partial charge in [0, 0.05) is 18.5 Å². The number of benzene rings is 1. The van der Waals surface area contributed by atoms with E-state index >= 15 is 0 Å². The van der Waals surface area contributed by atoms with Crippen LogP contribution in [0.3, 0.4) is 0 Å². The lowest BCUT2D eigenvalue weighted by Crippen LogP contribution is -2.36. The average molecular weight is 255 g/mol. The van der Waals surface area contributed by atoms with Gasteiger partial charge in [-0.25, -0.2) is 0 Å². The van der Waals surface area contributed by atoms with E-state index in [2.05, 4.69) is 55.3 Å². The Bertz CT molecular complexity index is 458. The van der Waals surface area contributed by atoms with Crippen molar-refractivity contribution in [1.29, 1.82) is 0 Å². The summed E-state index contributed by atoms with van der Waals surface area (Å²) in [6.45, 7) is 7.16. The average Bonchev–Trinajstić information content (AvgIpc) is 3.25. The molecule has 2 aliphatic rings. The zero-order chi connectivity index (χ0) is 13.3. The van der Waals surface area contributed by atoms with Crippen molar-refractivity contribution in [3.8, 4) is 0 Å². The third kappa shape index (κ3) is 2.70. The number of allylic oxidation sites excluding steroid dienone is 1. The summed E-state index contributed by atoms with van der Waals surface area (Å²) in [5.41, 5.74) is 3.21. The summed E-state index contributed by atoms with van der Waals surface area (Å²) in [5, 5.41) is 0. The van der Waals surface area contributed by atoms with Crippen molar-refractivity contribution in [2.45, 2.75) is 44.9 Å². The first-order valence-electron chi connectivity index (χ1n) is 7.67. The van der Waals surface area contributed by atoms with Gasteiger partial charge in [0.25, 0.3) is 0 Å². The number of rotatable bonds is 4. The van der Waals surface area contributed by atoms with Crippen LogP contribution in [0.1, 0.15) is 45.1 Å². The number of nitrogens with zero attached hydrogens (tertiary/aromatic N) is 1. The van der Waals surface area contributed by atoms with Gasteiger partial charge in [0.2, 0.25) is 0 Å². The van der Waals surface area contributed by atoms with Gasteiger partial charge in [-0.2, -0.15) is 0 Å². The van der Waals surface area contributed by atoms with Crippen molar-refractivity contribution in [3.05, 3.63) is 47.7 Å². The van der Waals surface area contributed by atoms with Crippen molar-refractivity contribution in [3.63, 3.8) is 0 Å². The SMILES string of the molecule is CC1=CN(CCC2CC2)CCC1(C)c1ccccc1. The molecule has 1 atom stereocenters. The summed E-state index contributed by atoms with van der Waals surface area (Å²) in [6.07, 6.45) is 7.99. The minimum Gasteiger partial charge on any atom is -0.377 e. The first kappa shape index (κ1) is 12.8. The molecule has 0 N–H and O–H groups in total. The first-order valence-corrected chi connectivity index (χ1v) is 7.67. The van der Waals surface area contributed by atoms with Gasteiger partial charge in [-0.3, -0.25) is 0 Å². The van der Waals surface area contributed by atoms with Crippen molar-refractivity contribution in [2.75, 3.05) is 13.1 Å². The minimum atomic E-state index is 0.233. The second-order valence-electron chi connectivity index (χ2n) is 6.53. The van der Waals surface area contributed by atoms with Crippen LogP contribution < -0.4 is 0 Å². The number of hydrogen-bond acceptors (Lipinski definition) is 1. The Hall–Kier alpha value is -1.24. The normalized spacial score (nSPS) is 27.3. The lowest BCUT2D eigenvalue weighted by molar-refractivity contribution is 0.290. The fourth-order valence-corrected chi connectivity index (χ4v) is 3.15. The maximum Gasteiger partial charge on any atom is 0.0184 e. The predicted octanol–water partition coefficient (Wildman–Crippen LogP) is 4.35. The van der Waals surface area contributed by atoms with Gasteiger partial charge >= 0.3 is 0 Å². The van der Waals surface area contributed by atoms with Crippen LogP contribution in [0.25, 0.3) is 0 Å². The second kappa shape index (κ2) is 5.03. The van der Waals surface area contributed by atoms with E-state index in [1.807, 2.05) is 0 Å². The molecule has 0 radical (unpaired) electrons. The van der Waals surface area contributed by atoms with E-state index in [4.69, 9.17) is 0 Å². The van der Waals surface area contributed by atoms with E-state index in [-0.39, 0.29) is 5.41 Å². The van der Waals surface area contributed by atoms with Crippen LogP contribution in [0.5, 0.6) is 0 Å². The standard InChI is InChI=1S/C18H25N/c1-15-14-19(12-10-16-8-9-16)13-11-18(15,2)17-6-4-3-5-7-17/h3-7,14,16H,8-13H2,1-2H3. The van der Waals surface area contributed by atoms with E-state index in [0.717, 1.165) is 5.92 Å². The fraction of sp³-hybridized carbons (Fsp3) is 0.556. The van der Waals surface area contributed by atoms with Crippen LogP contribution in [-0.4, -0.2) is 18.0 Å². The smallest absolute Gasteiger partial charge is 0.0184 e. The molecule has 1 aliphatic carbocycles. The summed E-state index contributed by atoms with van der Waals surface area (Å²) in [4.78, 5) is 2.54. The molecule has 1 heteroatoms. The molecule has 19 heavy (non-hydrogen) atoms. The van der Waals surface area contributed by atoms with Crippen molar-refractivity contribution >= 4 is 0 Å². The zero-order valence-electron chi connectivity index (χ0n) is 12.2. The molecule has 3 rings (SSSR count). The Balaban J connectivity index is 1.72. The largest absolute Gasteiger partial charge is 0.377 e. The van der Waals surface area contributed by atoms with E-state index in [0.29, 0.717) is 0 Å². The summed E-state index contributed by atoms with van der Waals surface area (Å²) < 4.78 is 0. The third-order valence-corrected chi connectivity index (χ3v) is 5.08. The Morgan fingerprint density at radius 2 is 1.95 bits per heavy atom. The maximum absolute atomic E-state index is 2.54. The predicted molar refractivity (Wildman–Crippen MR) is 81.1 cm³/mol. The molecule has 102 valence electrons. The molecule has 1 aliphatic heterocycles. The molecule has 1 saturated carbocycles. The monoisotopic (exact) mass is 255 g/mol. The summed E-state index contributed by atoms with van der Waals surface area (Å²) in [5.74, 6) is 1.04. The van der Waals surface area contributed by atoms with Crippen LogP contribution >= 0.6 is 0 Å². The Labute approximate surface area is 117 Å². The molecule has 0 bridgehead atoms. The van der Waals surface area contributed by atoms with Crippen LogP contribution in [0.2, 0.25) is 0 Å². The van der Waals surface area contributed by atoms with Crippen LogP contribution in [-0.2, 0) is 5.41 Å². The highest BCUT2D eigenvalue weighted by Gasteiger charge is 2.32. The summed E-state index contributed by atoms with van der Waals surface area (Å²) >= 11 is 0. The van der Waals surface area contributed by atoms with E-state index in [9.17, 15) is 0 Å². The van der Waals surface area contributed by atoms with Crippen LogP contribution in [0.4, 0.5) is 0 Å². The lowest BCUT2D eigenvalue weighted by Gasteiger charge is -2.39. The zero-order valence-corrected chi connectivity index (χ0v) is 12.2. The van der Waals surface area contributed by atoms with Crippen molar-refractivity contribution in [1.82, 2.24) is 4.90 Å². The molecular weight excluding hydrogens is 230 g/mol. The molecular formula is C18H25N. The van der Waals surface area contributed by atoms with Gasteiger partial charge in [-0.05, 0) is 43.0 Å². The highest BCUT2D eigenvalue weighted by Crippen LogP contribution is 2.39. The molecule has 0 amide bonds. The quantitative estimate of drug-likeness (QED) is 0.773. The first-order chi connectivity index (χ1) is 9.18. The molecule has 1 aromatic carbocycles. The molecule has 0 aromatic heterocycles. The Morgan fingerprint density at radius 1 is 1.21 bits per heavy atom. The van der Waals surface area contributed by atoms with E-state index < -0.39 is 0 Å². The number of hydrogen-bond donors (Lipinski definition) is 0. The van der Waals surface area contributed by atoms with Gasteiger partial charge in [0.15, 0.2) is 0 Å². The van der Waals surface area contributed by atoms with Gasteiger partial charge in [-0.1, -0.05) is 50.1 Å². The molecule has 1 fully saturated rings. The molecule has 1 nitrogen and oxygen atoms in total. The lowest BCUT2D eigenvalue weighted by atomic mass is 9.72. The molecule has 0 spiro atoms. The van der Waals surface area contributed by atoms with E-state index in [1.165, 1.54) is 49.9 Å². The van der Waals surface area contributed by atoms with E-state index in [1.54, 1.807) is 0 Å². The Kier molecular flexibility index (Phi) is 3.38. The Morgan fingerprint density at radius 3 is 2.58 bits per heavy atom. The van der Waals surface area contributed by atoms with Crippen LogP contribution in [0.15, 0.2) is 42.1 Å². The molecule has 0 saturated heterocycles. The van der Waals surface area contributed by atoms with Crippen molar-refractivity contribution in [2.24, 2.45) is 5.92 Å². The topological polar surface area (TPSA) is 3.24 Å². The molecule has 1 unspecified atom stereocenters. The summed E-state index contributed by atoms with van der Waals surface area (Å²) in [6, 6.07) is 11.0. The van der Waals surface area contributed by atoms with Crippen LogP contribution in [0, 0.1) is 5.92 Å². The molecule has 1 heterocycles. The van der Waals surface area contributed by atoms with Gasteiger partial charge in [0.05, 0.1) is 0 Å². The maximum atomic E-state index is 2.54. The van der Waals surface area contributed by atoms with Gasteiger partial charge in [-0.15, -0.1) is 0 Å². The highest BCUT2D eigenvalue weighted by atomic mass is 15.1.